The molecule has 0 aliphatic carbocycles. The van der Waals surface area contributed by atoms with E-state index in [1.165, 1.54) is 18.9 Å². The molecule has 0 saturated carbocycles. The molecule has 9 heteroatoms. The van der Waals surface area contributed by atoms with Crippen molar-refractivity contribution in [1.82, 2.24) is 20.6 Å². The summed E-state index contributed by atoms with van der Waals surface area (Å²) in [5.74, 6) is 7.48. The molecule has 1 aliphatic rings. The minimum Gasteiger partial charge on any atom is -0.483 e. The average Bonchev–Trinajstić information content (AvgIpc) is 3.43. The summed E-state index contributed by atoms with van der Waals surface area (Å²) in [7, 11) is 0. The summed E-state index contributed by atoms with van der Waals surface area (Å²) in [6, 6.07) is 12.5. The van der Waals surface area contributed by atoms with Gasteiger partial charge in [-0.25, -0.2) is 5.10 Å². The molecule has 0 spiro atoms. The summed E-state index contributed by atoms with van der Waals surface area (Å²) in [6.07, 6.45) is 7.61. The van der Waals surface area contributed by atoms with Crippen LogP contribution in [0, 0.1) is 11.8 Å². The van der Waals surface area contributed by atoms with Crippen molar-refractivity contribution in [3.05, 3.63) is 65.5 Å². The fourth-order valence-corrected chi connectivity index (χ4v) is 3.44. The van der Waals surface area contributed by atoms with Crippen LogP contribution in [-0.2, 0) is 5.72 Å². The van der Waals surface area contributed by atoms with Gasteiger partial charge in [0.05, 0.1) is 5.56 Å². The monoisotopic (exact) mass is 473 g/mol. The van der Waals surface area contributed by atoms with E-state index in [9.17, 15) is 4.79 Å². The van der Waals surface area contributed by atoms with Gasteiger partial charge >= 0.3 is 0 Å². The summed E-state index contributed by atoms with van der Waals surface area (Å²) < 4.78 is 17.3. The number of ketones is 1. The summed E-state index contributed by atoms with van der Waals surface area (Å²) in [4.78, 5) is 13.0. The Balaban J connectivity index is 1.38. The number of ether oxygens (including phenoxy) is 3. The van der Waals surface area contributed by atoms with Gasteiger partial charge in [-0.1, -0.05) is 55.9 Å². The highest BCUT2D eigenvalue weighted by molar-refractivity contribution is 6.09. The molecule has 0 saturated heterocycles. The second-order valence-electron chi connectivity index (χ2n) is 8.03. The van der Waals surface area contributed by atoms with E-state index in [4.69, 9.17) is 19.9 Å². The highest BCUT2D eigenvalue weighted by Gasteiger charge is 2.40. The molecule has 1 aliphatic heterocycles. The lowest BCUT2D eigenvalue weighted by Gasteiger charge is -2.33. The number of nitrogens with two attached hydrogens (primary N) is 1. The van der Waals surface area contributed by atoms with Gasteiger partial charge in [-0.3, -0.25) is 10.5 Å². The second-order valence-corrected chi connectivity index (χ2v) is 8.03. The number of unbranched alkanes of at least 4 members (excludes halogenated alkanes) is 3. The summed E-state index contributed by atoms with van der Waals surface area (Å²) in [5.41, 5.74) is 6.01. The molecule has 1 atom stereocenters. The summed E-state index contributed by atoms with van der Waals surface area (Å²) >= 11 is 0. The van der Waals surface area contributed by atoms with Crippen LogP contribution in [0.1, 0.15) is 54.4 Å². The molecule has 0 amide bonds. The number of rotatable bonds is 9. The lowest BCUT2D eigenvalue weighted by atomic mass is 10.1. The molecule has 35 heavy (non-hydrogen) atoms. The lowest BCUT2D eigenvalue weighted by Crippen LogP contribution is -2.51. The van der Waals surface area contributed by atoms with Crippen LogP contribution in [0.3, 0.4) is 0 Å². The first kappa shape index (κ1) is 24.0. The number of hydrogen-bond acceptors (Lipinski definition) is 8. The number of carbonyl (C=O) groups excluding carboxylic acids is 1. The molecule has 2 aromatic carbocycles. The predicted molar refractivity (Wildman–Crippen MR) is 130 cm³/mol. The van der Waals surface area contributed by atoms with E-state index in [1.807, 2.05) is 24.3 Å². The van der Waals surface area contributed by atoms with Crippen molar-refractivity contribution in [2.75, 3.05) is 13.2 Å². The van der Waals surface area contributed by atoms with Gasteiger partial charge in [0, 0.05) is 6.42 Å². The minimum atomic E-state index is -1.44. The summed E-state index contributed by atoms with van der Waals surface area (Å²) in [5, 5.41) is 13.5. The maximum Gasteiger partial charge on any atom is 0.254 e. The smallest absolute Gasteiger partial charge is 0.254 e. The zero-order valence-corrected chi connectivity index (χ0v) is 19.5. The third-order valence-electron chi connectivity index (χ3n) is 5.37. The van der Waals surface area contributed by atoms with E-state index in [2.05, 4.69) is 39.4 Å². The van der Waals surface area contributed by atoms with Gasteiger partial charge in [0.25, 0.3) is 5.72 Å². The Hall–Kier alpha value is -4.16. The Labute approximate surface area is 203 Å². The number of benzene rings is 2. The van der Waals surface area contributed by atoms with E-state index in [-0.39, 0.29) is 24.0 Å². The lowest BCUT2D eigenvalue weighted by molar-refractivity contribution is -0.0154. The zero-order valence-electron chi connectivity index (χ0n) is 19.5. The van der Waals surface area contributed by atoms with Crippen molar-refractivity contribution in [3.63, 3.8) is 0 Å². The number of para-hydroxylation sites is 1. The molecule has 0 bridgehead atoms. The Morgan fingerprint density at radius 3 is 2.86 bits per heavy atom. The predicted octanol–water partition coefficient (Wildman–Crippen LogP) is 3.64. The quantitative estimate of drug-likeness (QED) is 0.209. The van der Waals surface area contributed by atoms with Crippen LogP contribution in [0.5, 0.6) is 17.2 Å². The molecule has 0 radical (unpaired) electrons. The number of carbonyl (C=O) groups is 1. The first-order chi connectivity index (χ1) is 17.1. The number of aromatic amines is 1. The normalized spacial score (nSPS) is 16.5. The van der Waals surface area contributed by atoms with Crippen LogP contribution in [0.2, 0.25) is 0 Å². The molecular formula is C26H27N5O4. The highest BCUT2D eigenvalue weighted by atomic mass is 16.6. The summed E-state index contributed by atoms with van der Waals surface area (Å²) in [6.45, 7) is 2.52. The van der Waals surface area contributed by atoms with Crippen LogP contribution >= 0.6 is 0 Å². The standard InChI is InChI=1S/C26H27N5O4/c1-2-3-4-5-6-7-17-33-20-14-11-19(12-15-20)13-16-22(32)21-9-8-10-23-24(21)35-26(27,18-34-23)25-28-30-31-29-25/h8-16H,2-5,17-18,27H2,1H3,(H,28,29,30,31). The number of nitrogens with one attached hydrogen (secondary N) is 1. The van der Waals surface area contributed by atoms with Crippen LogP contribution in [0.25, 0.3) is 6.08 Å². The third kappa shape index (κ3) is 6.05. The molecular weight excluding hydrogens is 446 g/mol. The SMILES string of the molecule is CCCCCC#CCOc1ccc(C=CC(=O)c2cccc3c2OC(N)(c2nnn[nH]2)CO3)cc1. The molecule has 1 unspecified atom stereocenters. The maximum absolute atomic E-state index is 13.0. The number of fused-ring (bicyclic) bond motifs is 1. The molecule has 2 heterocycles. The van der Waals surface area contributed by atoms with Gasteiger partial charge in [0.1, 0.15) is 19.0 Å². The molecule has 3 N–H and O–H groups in total. The Bertz CT molecular complexity index is 1230. The van der Waals surface area contributed by atoms with Crippen molar-refractivity contribution in [2.45, 2.75) is 38.3 Å². The average molecular weight is 474 g/mol. The fraction of sp³-hybridized carbons (Fsp3) is 0.308. The first-order valence-electron chi connectivity index (χ1n) is 11.5. The molecule has 0 fully saturated rings. The van der Waals surface area contributed by atoms with Crippen LogP contribution in [-0.4, -0.2) is 39.6 Å². The van der Waals surface area contributed by atoms with Crippen molar-refractivity contribution < 1.29 is 19.0 Å². The largest absolute Gasteiger partial charge is 0.483 e. The number of hydrogen-bond donors (Lipinski definition) is 2. The minimum absolute atomic E-state index is 0.0107. The number of aromatic nitrogens is 4. The van der Waals surface area contributed by atoms with Crippen molar-refractivity contribution >= 4 is 11.9 Å². The van der Waals surface area contributed by atoms with E-state index < -0.39 is 5.72 Å². The fourth-order valence-electron chi connectivity index (χ4n) is 3.44. The highest BCUT2D eigenvalue weighted by Crippen LogP contribution is 2.39. The van der Waals surface area contributed by atoms with Crippen LogP contribution < -0.4 is 19.9 Å². The number of allylic oxidation sites excluding steroid dienone is 1. The zero-order chi connectivity index (χ0) is 24.5. The van der Waals surface area contributed by atoms with E-state index in [0.29, 0.717) is 17.9 Å². The molecule has 9 nitrogen and oxygen atoms in total. The molecule has 180 valence electrons. The maximum atomic E-state index is 13.0. The van der Waals surface area contributed by atoms with Gasteiger partial charge < -0.3 is 14.2 Å². The Morgan fingerprint density at radius 2 is 2.09 bits per heavy atom. The first-order valence-corrected chi connectivity index (χ1v) is 11.5. The number of tetrazole rings is 1. The number of H-pyrrole nitrogens is 1. The Morgan fingerprint density at radius 1 is 1.23 bits per heavy atom. The Kier molecular flexibility index (Phi) is 7.75. The van der Waals surface area contributed by atoms with E-state index in [0.717, 1.165) is 24.2 Å². The van der Waals surface area contributed by atoms with Gasteiger partial charge in [0.2, 0.25) is 5.82 Å². The van der Waals surface area contributed by atoms with Gasteiger partial charge in [0.15, 0.2) is 17.3 Å². The van der Waals surface area contributed by atoms with Gasteiger partial charge in [-0.2, -0.15) is 0 Å². The molecule has 3 aromatic rings. The van der Waals surface area contributed by atoms with Crippen molar-refractivity contribution in [2.24, 2.45) is 5.73 Å². The van der Waals surface area contributed by atoms with Crippen molar-refractivity contribution in [3.8, 4) is 29.1 Å². The number of nitrogens with zero attached hydrogens (tertiary/aromatic N) is 3. The van der Waals surface area contributed by atoms with Crippen LogP contribution in [0.4, 0.5) is 0 Å². The van der Waals surface area contributed by atoms with Gasteiger partial charge in [-0.15, -0.1) is 5.10 Å². The molecule has 4 rings (SSSR count). The van der Waals surface area contributed by atoms with E-state index in [1.54, 1.807) is 24.3 Å². The van der Waals surface area contributed by atoms with Gasteiger partial charge in [-0.05, 0) is 52.8 Å². The molecule has 1 aromatic heterocycles. The third-order valence-corrected chi connectivity index (χ3v) is 5.37. The topological polar surface area (TPSA) is 125 Å². The van der Waals surface area contributed by atoms with Crippen molar-refractivity contribution in [1.29, 1.82) is 0 Å². The second kappa shape index (κ2) is 11.3. The van der Waals surface area contributed by atoms with Crippen LogP contribution in [0.15, 0.2) is 48.5 Å². The van der Waals surface area contributed by atoms with E-state index >= 15 is 0 Å².